The van der Waals surface area contributed by atoms with Gasteiger partial charge in [-0.15, -0.1) is 5.10 Å². The Morgan fingerprint density at radius 1 is 1.42 bits per heavy atom. The normalized spacial score (nSPS) is 28.2. The Morgan fingerprint density at radius 3 is 3.00 bits per heavy atom. The molecule has 19 heavy (non-hydrogen) atoms. The van der Waals surface area contributed by atoms with Crippen LogP contribution < -0.4 is 5.73 Å². The summed E-state index contributed by atoms with van der Waals surface area (Å²) in [6.07, 6.45) is 3.46. The average molecular weight is 264 g/mol. The van der Waals surface area contributed by atoms with Gasteiger partial charge in [0.2, 0.25) is 11.8 Å². The van der Waals surface area contributed by atoms with E-state index in [0.29, 0.717) is 12.0 Å². The molecule has 7 nitrogen and oxygen atoms in total. The van der Waals surface area contributed by atoms with E-state index in [4.69, 9.17) is 5.73 Å². The summed E-state index contributed by atoms with van der Waals surface area (Å²) in [5.41, 5.74) is 5.44. The number of H-pyrrole nitrogens is 1. The zero-order chi connectivity index (χ0) is 13.4. The van der Waals surface area contributed by atoms with Gasteiger partial charge < -0.3 is 15.5 Å². The van der Waals surface area contributed by atoms with E-state index in [2.05, 4.69) is 27.1 Å². The number of aromatic nitrogens is 3. The van der Waals surface area contributed by atoms with Gasteiger partial charge in [0.05, 0.1) is 0 Å². The highest BCUT2D eigenvalue weighted by molar-refractivity contribution is 5.90. The lowest BCUT2D eigenvalue weighted by atomic mass is 9.84. The van der Waals surface area contributed by atoms with Crippen LogP contribution in [0.5, 0.6) is 0 Å². The second kappa shape index (κ2) is 4.80. The molecule has 0 aromatic carbocycles. The van der Waals surface area contributed by atoms with Crippen molar-refractivity contribution < 1.29 is 4.79 Å². The third-order valence-corrected chi connectivity index (χ3v) is 4.34. The third kappa shape index (κ3) is 2.30. The van der Waals surface area contributed by atoms with Crippen molar-refractivity contribution in [3.63, 3.8) is 0 Å². The Hall–Kier alpha value is -1.63. The molecule has 3 heterocycles. The highest BCUT2D eigenvalue weighted by atomic mass is 16.2. The molecule has 2 unspecified atom stereocenters. The monoisotopic (exact) mass is 264 g/mol. The fourth-order valence-electron chi connectivity index (χ4n) is 3.36. The van der Waals surface area contributed by atoms with Crippen LogP contribution >= 0.6 is 0 Å². The molecule has 1 aromatic rings. The number of hydrogen-bond donors (Lipinski definition) is 2. The molecule has 104 valence electrons. The van der Waals surface area contributed by atoms with Crippen LogP contribution in [0.3, 0.4) is 0 Å². The third-order valence-electron chi connectivity index (χ3n) is 4.34. The highest BCUT2D eigenvalue weighted by Gasteiger charge is 2.36. The van der Waals surface area contributed by atoms with Crippen molar-refractivity contribution in [3.05, 3.63) is 5.82 Å². The number of carbonyl (C=O) groups excluding carboxylic acids is 1. The SMILES string of the molecule is CN1CCCC2CN(C(=O)c3nc(N)n[nH]3)CCC21. The molecule has 7 heteroatoms. The molecule has 2 aliphatic heterocycles. The number of nitrogens with zero attached hydrogens (tertiary/aromatic N) is 4. The number of likely N-dealkylation sites (tertiary alicyclic amines) is 2. The number of aromatic amines is 1. The van der Waals surface area contributed by atoms with E-state index >= 15 is 0 Å². The molecule has 0 saturated carbocycles. The first-order valence-electron chi connectivity index (χ1n) is 6.82. The number of nitrogen functional groups attached to an aromatic ring is 1. The lowest BCUT2D eigenvalue weighted by molar-refractivity contribution is 0.0309. The van der Waals surface area contributed by atoms with Gasteiger partial charge in [0.15, 0.2) is 0 Å². The second-order valence-electron chi connectivity index (χ2n) is 5.53. The number of piperidine rings is 2. The van der Waals surface area contributed by atoms with E-state index in [1.165, 1.54) is 19.4 Å². The fourth-order valence-corrected chi connectivity index (χ4v) is 3.36. The van der Waals surface area contributed by atoms with Gasteiger partial charge >= 0.3 is 0 Å². The summed E-state index contributed by atoms with van der Waals surface area (Å²) in [5, 5.41) is 6.31. The molecule has 1 aromatic heterocycles. The van der Waals surface area contributed by atoms with Crippen molar-refractivity contribution in [1.82, 2.24) is 25.0 Å². The molecule has 2 atom stereocenters. The van der Waals surface area contributed by atoms with E-state index in [1.807, 2.05) is 4.90 Å². The molecule has 0 radical (unpaired) electrons. The number of fused-ring (bicyclic) bond motifs is 1. The summed E-state index contributed by atoms with van der Waals surface area (Å²) < 4.78 is 0. The Labute approximate surface area is 112 Å². The summed E-state index contributed by atoms with van der Waals surface area (Å²) in [4.78, 5) is 20.5. The van der Waals surface area contributed by atoms with Gasteiger partial charge in [-0.3, -0.25) is 9.89 Å². The summed E-state index contributed by atoms with van der Waals surface area (Å²) in [7, 11) is 2.19. The Kier molecular flexibility index (Phi) is 3.14. The highest BCUT2D eigenvalue weighted by Crippen LogP contribution is 2.29. The molecule has 2 saturated heterocycles. The minimum atomic E-state index is -0.0872. The van der Waals surface area contributed by atoms with Crippen molar-refractivity contribution in [2.24, 2.45) is 5.92 Å². The molecular weight excluding hydrogens is 244 g/mol. The van der Waals surface area contributed by atoms with Crippen LogP contribution in [0.1, 0.15) is 29.9 Å². The first-order valence-corrected chi connectivity index (χ1v) is 6.82. The predicted molar refractivity (Wildman–Crippen MR) is 70.5 cm³/mol. The van der Waals surface area contributed by atoms with Crippen molar-refractivity contribution in [2.45, 2.75) is 25.3 Å². The van der Waals surface area contributed by atoms with Crippen molar-refractivity contribution in [2.75, 3.05) is 32.4 Å². The standard InChI is InChI=1S/C12H20N6O/c1-17-5-2-3-8-7-18(6-4-9(8)17)11(19)10-14-12(13)16-15-10/h8-9H,2-7H2,1H3,(H3,13,14,15,16). The van der Waals surface area contributed by atoms with Crippen LogP contribution in [0.15, 0.2) is 0 Å². The van der Waals surface area contributed by atoms with Crippen LogP contribution in [0.4, 0.5) is 5.95 Å². The number of nitrogens with two attached hydrogens (primary N) is 1. The van der Waals surface area contributed by atoms with Crippen molar-refractivity contribution >= 4 is 11.9 Å². The molecule has 3 rings (SSSR count). The first-order chi connectivity index (χ1) is 9.15. The summed E-state index contributed by atoms with van der Waals surface area (Å²) in [6, 6.07) is 0.623. The van der Waals surface area contributed by atoms with Gasteiger partial charge in [-0.2, -0.15) is 4.98 Å². The van der Waals surface area contributed by atoms with Crippen molar-refractivity contribution in [3.8, 4) is 0 Å². The van der Waals surface area contributed by atoms with E-state index in [1.54, 1.807) is 0 Å². The predicted octanol–water partition coefficient (Wildman–Crippen LogP) is -0.0568. The molecule has 1 amide bonds. The average Bonchev–Trinajstić information content (AvgIpc) is 2.84. The maximum absolute atomic E-state index is 12.3. The second-order valence-corrected chi connectivity index (χ2v) is 5.53. The van der Waals surface area contributed by atoms with Crippen molar-refractivity contribution in [1.29, 1.82) is 0 Å². The zero-order valence-corrected chi connectivity index (χ0v) is 11.2. The minimum Gasteiger partial charge on any atom is -0.366 e. The van der Waals surface area contributed by atoms with Crippen LogP contribution in [0.2, 0.25) is 0 Å². The smallest absolute Gasteiger partial charge is 0.291 e. The number of hydrogen-bond acceptors (Lipinski definition) is 5. The Balaban J connectivity index is 1.69. The van der Waals surface area contributed by atoms with E-state index < -0.39 is 0 Å². The van der Waals surface area contributed by atoms with E-state index in [-0.39, 0.29) is 17.7 Å². The number of carbonyl (C=O) groups is 1. The molecule has 0 bridgehead atoms. The van der Waals surface area contributed by atoms with Crippen LogP contribution in [0, 0.1) is 5.92 Å². The first kappa shape index (κ1) is 12.4. The van der Waals surface area contributed by atoms with Gasteiger partial charge in [0.25, 0.3) is 5.91 Å². The van der Waals surface area contributed by atoms with Gasteiger partial charge in [-0.05, 0) is 38.8 Å². The fraction of sp³-hybridized carbons (Fsp3) is 0.750. The largest absolute Gasteiger partial charge is 0.366 e. The zero-order valence-electron chi connectivity index (χ0n) is 11.2. The van der Waals surface area contributed by atoms with Gasteiger partial charge in [0.1, 0.15) is 0 Å². The molecule has 2 fully saturated rings. The maximum atomic E-state index is 12.3. The topological polar surface area (TPSA) is 91.1 Å². The lowest BCUT2D eigenvalue weighted by Crippen LogP contribution is -2.54. The molecule has 2 aliphatic rings. The van der Waals surface area contributed by atoms with E-state index in [9.17, 15) is 4.79 Å². The maximum Gasteiger partial charge on any atom is 0.291 e. The van der Waals surface area contributed by atoms with Gasteiger partial charge in [-0.1, -0.05) is 0 Å². The lowest BCUT2D eigenvalue weighted by Gasteiger charge is -2.45. The van der Waals surface area contributed by atoms with Gasteiger partial charge in [-0.25, -0.2) is 0 Å². The quantitative estimate of drug-likeness (QED) is 0.741. The minimum absolute atomic E-state index is 0.0872. The Morgan fingerprint density at radius 2 is 2.26 bits per heavy atom. The molecule has 3 N–H and O–H groups in total. The van der Waals surface area contributed by atoms with Crippen LogP contribution in [0.25, 0.3) is 0 Å². The Bertz CT molecular complexity index is 473. The van der Waals surface area contributed by atoms with Crippen LogP contribution in [-0.4, -0.2) is 63.6 Å². The summed E-state index contributed by atoms with van der Waals surface area (Å²) in [6.45, 7) is 2.77. The number of amides is 1. The molecule has 0 spiro atoms. The number of anilines is 1. The summed E-state index contributed by atoms with van der Waals surface area (Å²) in [5.74, 6) is 0.864. The van der Waals surface area contributed by atoms with E-state index in [0.717, 1.165) is 19.5 Å². The summed E-state index contributed by atoms with van der Waals surface area (Å²) >= 11 is 0. The molecule has 0 aliphatic carbocycles. The number of nitrogens with one attached hydrogen (secondary N) is 1. The molecular formula is C12H20N6O. The van der Waals surface area contributed by atoms with Crippen LogP contribution in [-0.2, 0) is 0 Å². The van der Waals surface area contributed by atoms with Gasteiger partial charge in [0, 0.05) is 19.1 Å². The number of rotatable bonds is 1.